The number of hydrogen-bond acceptors (Lipinski definition) is 4. The molecule has 0 fully saturated rings. The number of hydrogen-bond donors (Lipinski definition) is 1. The molecule has 1 aromatic heterocycles. The number of nitrogens with zero attached hydrogens (tertiary/aromatic N) is 2. The van der Waals surface area contributed by atoms with E-state index in [1.165, 1.54) is 34.6 Å². The van der Waals surface area contributed by atoms with Gasteiger partial charge in [-0.3, -0.25) is 4.79 Å². The van der Waals surface area contributed by atoms with Crippen LogP contribution in [0.25, 0.3) is 22.4 Å². The first-order chi connectivity index (χ1) is 16.5. The number of carboxylic acid groups (broad SMARTS) is 1. The molecule has 3 rings (SSSR count). The summed E-state index contributed by atoms with van der Waals surface area (Å²) in [6.45, 7) is 8.13. The number of rotatable bonds is 8. The number of aromatic nitrogens is 1. The number of aromatic carboxylic acids is 1. The molecule has 0 unspecified atom stereocenters. The first-order valence-electron chi connectivity index (χ1n) is 11.1. The van der Waals surface area contributed by atoms with Gasteiger partial charge in [0.2, 0.25) is 15.5 Å². The molecule has 0 aliphatic rings. The highest BCUT2D eigenvalue weighted by atomic mass is 35.5. The Hall–Kier alpha value is -2.65. The fraction of sp³-hybridized carbons (Fsp3) is 0.280. The lowest BCUT2D eigenvalue weighted by Crippen LogP contribution is -2.30. The van der Waals surface area contributed by atoms with Gasteiger partial charge in [-0.2, -0.15) is 4.31 Å². The molecular formula is C25H26Cl2N2O5S. The summed E-state index contributed by atoms with van der Waals surface area (Å²) < 4.78 is 28.7. The molecule has 1 heterocycles. The highest BCUT2D eigenvalue weighted by Gasteiger charge is 2.27. The summed E-state index contributed by atoms with van der Waals surface area (Å²) in [4.78, 5) is 26.0. The number of sulfonamides is 1. The van der Waals surface area contributed by atoms with E-state index in [9.17, 15) is 23.1 Å². The number of pyridine rings is 1. The molecule has 7 nitrogen and oxygen atoms in total. The van der Waals surface area contributed by atoms with E-state index < -0.39 is 27.0 Å². The first-order valence-corrected chi connectivity index (χ1v) is 13.3. The zero-order valence-electron chi connectivity index (χ0n) is 19.8. The van der Waals surface area contributed by atoms with Crippen molar-refractivity contribution in [2.24, 2.45) is 0 Å². The lowest BCUT2D eigenvalue weighted by molar-refractivity contribution is 0.0695. The second kappa shape index (κ2) is 10.5. The van der Waals surface area contributed by atoms with Gasteiger partial charge in [0.1, 0.15) is 5.56 Å². The summed E-state index contributed by atoms with van der Waals surface area (Å²) in [6, 6.07) is 10.6. The fourth-order valence-corrected chi connectivity index (χ4v) is 5.97. The third kappa shape index (κ3) is 4.89. The van der Waals surface area contributed by atoms with Crippen LogP contribution in [0.3, 0.4) is 0 Å². The van der Waals surface area contributed by atoms with Crippen molar-refractivity contribution in [3.05, 3.63) is 74.0 Å². The molecule has 3 aromatic rings. The summed E-state index contributed by atoms with van der Waals surface area (Å²) in [5.41, 5.74) is 0.779. The lowest BCUT2D eigenvalue weighted by atomic mass is 9.96. The summed E-state index contributed by atoms with van der Waals surface area (Å²) >= 11 is 12.2. The van der Waals surface area contributed by atoms with Crippen molar-refractivity contribution in [1.82, 2.24) is 8.87 Å². The molecule has 0 amide bonds. The molecule has 186 valence electrons. The van der Waals surface area contributed by atoms with Crippen LogP contribution in [0.15, 0.2) is 52.2 Å². The Balaban J connectivity index is 2.29. The van der Waals surface area contributed by atoms with Gasteiger partial charge in [0, 0.05) is 36.5 Å². The largest absolute Gasteiger partial charge is 0.477 e. The summed E-state index contributed by atoms with van der Waals surface area (Å²) in [5, 5.41) is 10.6. The number of carbonyl (C=O) groups is 1. The van der Waals surface area contributed by atoms with Crippen LogP contribution in [0.1, 0.15) is 36.8 Å². The standard InChI is InChI=1S/C25H26Cl2N2O5S/c1-5-28(6-2)35(33,34)18-11-8-16(9-12-18)21-15(4)29(7-3)23(22(24(21)30)25(31)32)17-10-13-19(26)20(27)14-17/h8-14H,5-7H2,1-4H3,(H,31,32). The Kier molecular flexibility index (Phi) is 8.11. The topological polar surface area (TPSA) is 96.7 Å². The van der Waals surface area contributed by atoms with Crippen molar-refractivity contribution >= 4 is 39.2 Å². The monoisotopic (exact) mass is 536 g/mol. The van der Waals surface area contributed by atoms with Crippen LogP contribution in [0.4, 0.5) is 0 Å². The van der Waals surface area contributed by atoms with Crippen molar-refractivity contribution in [2.45, 2.75) is 39.1 Å². The molecule has 2 aromatic carbocycles. The number of benzene rings is 2. The van der Waals surface area contributed by atoms with Crippen LogP contribution < -0.4 is 5.43 Å². The molecule has 0 atom stereocenters. The van der Waals surface area contributed by atoms with Gasteiger partial charge >= 0.3 is 5.97 Å². The van der Waals surface area contributed by atoms with E-state index in [0.29, 0.717) is 41.5 Å². The van der Waals surface area contributed by atoms with Gasteiger partial charge in [0.15, 0.2) is 0 Å². The van der Waals surface area contributed by atoms with Gasteiger partial charge in [-0.25, -0.2) is 13.2 Å². The SMILES string of the molecule is CCN(CC)S(=O)(=O)c1ccc(-c2c(C)n(CC)c(-c3ccc(Cl)c(Cl)c3)c(C(=O)O)c2=O)cc1. The highest BCUT2D eigenvalue weighted by Crippen LogP contribution is 2.33. The minimum Gasteiger partial charge on any atom is -0.477 e. The van der Waals surface area contributed by atoms with Crippen LogP contribution >= 0.6 is 23.2 Å². The van der Waals surface area contributed by atoms with Gasteiger partial charge in [0.25, 0.3) is 0 Å². The molecule has 0 aliphatic carbocycles. The van der Waals surface area contributed by atoms with E-state index in [0.717, 1.165) is 0 Å². The maximum absolute atomic E-state index is 13.5. The minimum atomic E-state index is -3.67. The van der Waals surface area contributed by atoms with Crippen molar-refractivity contribution in [2.75, 3.05) is 13.1 Å². The Morgan fingerprint density at radius 1 is 0.971 bits per heavy atom. The molecule has 35 heavy (non-hydrogen) atoms. The first kappa shape index (κ1) is 26.9. The normalized spacial score (nSPS) is 11.7. The average Bonchev–Trinajstić information content (AvgIpc) is 2.81. The van der Waals surface area contributed by atoms with E-state index in [2.05, 4.69) is 0 Å². The number of carboxylic acids is 1. The van der Waals surface area contributed by atoms with Crippen LogP contribution in [-0.2, 0) is 16.6 Å². The minimum absolute atomic E-state index is 0.101. The van der Waals surface area contributed by atoms with Crippen LogP contribution in [-0.4, -0.2) is 41.5 Å². The zero-order chi connectivity index (χ0) is 26.1. The maximum Gasteiger partial charge on any atom is 0.341 e. The maximum atomic E-state index is 13.5. The zero-order valence-corrected chi connectivity index (χ0v) is 22.1. The Bertz CT molecular complexity index is 1440. The third-order valence-corrected chi connectivity index (χ3v) is 8.74. The molecule has 0 saturated heterocycles. The Morgan fingerprint density at radius 3 is 2.03 bits per heavy atom. The molecule has 0 saturated carbocycles. The van der Waals surface area contributed by atoms with Crippen LogP contribution in [0, 0.1) is 6.92 Å². The van der Waals surface area contributed by atoms with E-state index in [1.807, 2.05) is 6.92 Å². The van der Waals surface area contributed by atoms with Crippen molar-refractivity contribution < 1.29 is 18.3 Å². The Morgan fingerprint density at radius 2 is 1.54 bits per heavy atom. The summed E-state index contributed by atoms with van der Waals surface area (Å²) in [7, 11) is -3.67. The van der Waals surface area contributed by atoms with Crippen molar-refractivity contribution in [3.8, 4) is 22.4 Å². The van der Waals surface area contributed by atoms with Gasteiger partial charge < -0.3 is 9.67 Å². The van der Waals surface area contributed by atoms with Gasteiger partial charge in [-0.15, -0.1) is 0 Å². The predicted molar refractivity (Wildman–Crippen MR) is 139 cm³/mol. The highest BCUT2D eigenvalue weighted by molar-refractivity contribution is 7.89. The van der Waals surface area contributed by atoms with E-state index in [1.54, 1.807) is 37.5 Å². The Labute approximate surface area is 214 Å². The molecule has 0 aliphatic heterocycles. The van der Waals surface area contributed by atoms with E-state index in [-0.39, 0.29) is 21.2 Å². The lowest BCUT2D eigenvalue weighted by Gasteiger charge is -2.22. The second-order valence-electron chi connectivity index (χ2n) is 7.81. The summed E-state index contributed by atoms with van der Waals surface area (Å²) in [5.74, 6) is -1.37. The third-order valence-electron chi connectivity index (χ3n) is 5.94. The predicted octanol–water partition coefficient (Wildman–Crippen LogP) is 5.55. The molecular weight excluding hydrogens is 511 g/mol. The van der Waals surface area contributed by atoms with Gasteiger partial charge in [0.05, 0.1) is 20.6 Å². The van der Waals surface area contributed by atoms with E-state index >= 15 is 0 Å². The quantitative estimate of drug-likeness (QED) is 0.407. The van der Waals surface area contributed by atoms with Crippen molar-refractivity contribution in [3.63, 3.8) is 0 Å². The average molecular weight is 537 g/mol. The number of halogens is 2. The summed E-state index contributed by atoms with van der Waals surface area (Å²) in [6.07, 6.45) is 0. The second-order valence-corrected chi connectivity index (χ2v) is 10.6. The molecule has 1 N–H and O–H groups in total. The van der Waals surface area contributed by atoms with E-state index in [4.69, 9.17) is 23.2 Å². The van der Waals surface area contributed by atoms with Crippen molar-refractivity contribution in [1.29, 1.82) is 0 Å². The molecule has 0 bridgehead atoms. The van der Waals surface area contributed by atoms with Crippen LogP contribution in [0.2, 0.25) is 10.0 Å². The fourth-order valence-electron chi connectivity index (χ4n) is 4.22. The molecule has 10 heteroatoms. The van der Waals surface area contributed by atoms with Gasteiger partial charge in [-0.1, -0.05) is 55.2 Å². The van der Waals surface area contributed by atoms with Crippen LogP contribution in [0.5, 0.6) is 0 Å². The van der Waals surface area contributed by atoms with Gasteiger partial charge in [-0.05, 0) is 43.7 Å². The molecule has 0 radical (unpaired) electrons. The smallest absolute Gasteiger partial charge is 0.341 e. The molecule has 0 spiro atoms.